The molecule has 0 bridgehead atoms. The van der Waals surface area contributed by atoms with Gasteiger partial charge >= 0.3 is 0 Å². The molecule has 0 aromatic heterocycles. The number of para-hydroxylation sites is 1. The third-order valence-electron chi connectivity index (χ3n) is 1.11. The molecule has 1 N–H and O–H groups in total. The van der Waals surface area contributed by atoms with Gasteiger partial charge in [-0.05, 0) is 6.07 Å². The molecule has 9 heavy (non-hydrogen) atoms. The maximum Gasteiger partial charge on any atom is 0.103 e. The van der Waals surface area contributed by atoms with Gasteiger partial charge in [0.2, 0.25) is 0 Å². The Balaban J connectivity index is 3.01. The summed E-state index contributed by atoms with van der Waals surface area (Å²) >= 11 is 0. The minimum absolute atomic E-state index is 0.431. The normalized spacial score (nSPS) is 9.00. The van der Waals surface area contributed by atoms with Crippen molar-refractivity contribution in [2.45, 2.75) is 0 Å². The van der Waals surface area contributed by atoms with Crippen LogP contribution in [0.5, 0.6) is 5.75 Å². The van der Waals surface area contributed by atoms with E-state index < -0.39 is 0 Å². The zero-order valence-electron chi connectivity index (χ0n) is 5.22. The molecule has 48 valence electrons. The predicted molar refractivity (Wildman–Crippen MR) is 37.0 cm³/mol. The number of benzene rings is 1. The zero-order chi connectivity index (χ0) is 6.69. The van der Waals surface area contributed by atoms with Gasteiger partial charge < -0.3 is 10.5 Å². The number of rotatable bonds is 1. The first-order valence-electron chi connectivity index (χ1n) is 2.69. The number of nitrogens with one attached hydrogen (secondary N) is 1. The summed E-state index contributed by atoms with van der Waals surface area (Å²) in [7, 11) is 1.56. The van der Waals surface area contributed by atoms with Crippen LogP contribution in [-0.4, -0.2) is 7.11 Å². The van der Waals surface area contributed by atoms with Crippen molar-refractivity contribution in [3.63, 3.8) is 0 Å². The van der Waals surface area contributed by atoms with E-state index >= 15 is 0 Å². The van der Waals surface area contributed by atoms with Gasteiger partial charge in [-0.25, -0.2) is 0 Å². The van der Waals surface area contributed by atoms with Crippen LogP contribution in [0.25, 0.3) is 5.73 Å². The van der Waals surface area contributed by atoms with Crippen LogP contribution in [0.4, 0.5) is 5.69 Å². The van der Waals surface area contributed by atoms with Crippen LogP contribution in [0, 0.1) is 0 Å². The van der Waals surface area contributed by atoms with Gasteiger partial charge in [0, 0.05) is 0 Å². The van der Waals surface area contributed by atoms with E-state index in [1.807, 2.05) is 12.1 Å². The van der Waals surface area contributed by atoms with Gasteiger partial charge in [-0.2, -0.15) is 0 Å². The summed E-state index contributed by atoms with van der Waals surface area (Å²) in [6.07, 6.45) is 0. The number of hydrogen-bond donors (Lipinski definition) is 0. The highest BCUT2D eigenvalue weighted by molar-refractivity contribution is 5.55. The van der Waals surface area contributed by atoms with Crippen molar-refractivity contribution >= 4 is 5.69 Å². The van der Waals surface area contributed by atoms with Gasteiger partial charge in [-0.3, -0.25) is 0 Å². The lowest BCUT2D eigenvalue weighted by Crippen LogP contribution is -1.79. The second kappa shape index (κ2) is 2.40. The first kappa shape index (κ1) is 5.95. The van der Waals surface area contributed by atoms with E-state index in [1.165, 1.54) is 0 Å². The van der Waals surface area contributed by atoms with E-state index in [0.717, 1.165) is 0 Å². The molecule has 0 saturated carbocycles. The Hall–Kier alpha value is -1.18. The highest BCUT2D eigenvalue weighted by Crippen LogP contribution is 2.24. The Labute approximate surface area is 54.2 Å². The van der Waals surface area contributed by atoms with Gasteiger partial charge in [-0.1, -0.05) is 23.9 Å². The van der Waals surface area contributed by atoms with Crippen molar-refractivity contribution in [1.29, 1.82) is 0 Å². The van der Waals surface area contributed by atoms with Gasteiger partial charge in [0.25, 0.3) is 0 Å². The molecule has 0 atom stereocenters. The first-order chi connectivity index (χ1) is 4.34. The van der Waals surface area contributed by atoms with Gasteiger partial charge in [-0.15, -0.1) is 0 Å². The average molecular weight is 122 g/mol. The largest absolute Gasteiger partial charge is 0.696 e. The molecule has 0 heterocycles. The summed E-state index contributed by atoms with van der Waals surface area (Å²) in [5.74, 6) is 0.623. The standard InChI is InChI=1S/C7H8NO/c1-9-7-5-3-2-4-6(7)8/h2-5,8H,1H3/q-1. The fourth-order valence-electron chi connectivity index (χ4n) is 0.645. The minimum Gasteiger partial charge on any atom is -0.696 e. The SMILES string of the molecule is COc1ccccc1[NH-]. The summed E-state index contributed by atoms with van der Waals surface area (Å²) < 4.78 is 4.86. The lowest BCUT2D eigenvalue weighted by molar-refractivity contribution is 0.417. The van der Waals surface area contributed by atoms with Crippen LogP contribution in [0.1, 0.15) is 0 Å². The molecule has 0 aliphatic carbocycles. The monoisotopic (exact) mass is 122 g/mol. The third-order valence-corrected chi connectivity index (χ3v) is 1.11. The Bertz CT molecular complexity index is 198. The molecule has 2 nitrogen and oxygen atoms in total. The van der Waals surface area contributed by atoms with Crippen molar-refractivity contribution in [1.82, 2.24) is 0 Å². The molecule has 2 heteroatoms. The van der Waals surface area contributed by atoms with Crippen LogP contribution >= 0.6 is 0 Å². The molecular formula is C7H8NO-. The molecule has 0 unspecified atom stereocenters. The molecule has 0 aliphatic heterocycles. The van der Waals surface area contributed by atoms with Gasteiger partial charge in [0.05, 0.1) is 7.11 Å². The average Bonchev–Trinajstić information content (AvgIpc) is 1.89. The van der Waals surface area contributed by atoms with Crippen LogP contribution in [0.15, 0.2) is 24.3 Å². The van der Waals surface area contributed by atoms with E-state index in [0.29, 0.717) is 11.4 Å². The fraction of sp³-hybridized carbons (Fsp3) is 0.143. The van der Waals surface area contributed by atoms with E-state index in [4.69, 9.17) is 10.5 Å². The smallest absolute Gasteiger partial charge is 0.103 e. The summed E-state index contributed by atoms with van der Waals surface area (Å²) in [6.45, 7) is 0. The molecule has 0 amide bonds. The molecule has 0 saturated heterocycles. The summed E-state index contributed by atoms with van der Waals surface area (Å²) in [4.78, 5) is 0. The highest BCUT2D eigenvalue weighted by atomic mass is 16.5. The molecule has 0 aliphatic rings. The Morgan fingerprint density at radius 1 is 1.33 bits per heavy atom. The van der Waals surface area contributed by atoms with Crippen molar-refractivity contribution in [2.75, 3.05) is 7.11 Å². The topological polar surface area (TPSA) is 33.0 Å². The van der Waals surface area contributed by atoms with E-state index in [9.17, 15) is 0 Å². The summed E-state index contributed by atoms with van der Waals surface area (Å²) in [5.41, 5.74) is 7.68. The summed E-state index contributed by atoms with van der Waals surface area (Å²) in [6, 6.07) is 7.11. The number of methoxy groups -OCH3 is 1. The molecule has 1 aromatic carbocycles. The number of hydrogen-bond acceptors (Lipinski definition) is 1. The van der Waals surface area contributed by atoms with Gasteiger partial charge in [0.15, 0.2) is 0 Å². The third kappa shape index (κ3) is 1.13. The lowest BCUT2D eigenvalue weighted by Gasteiger charge is -2.08. The van der Waals surface area contributed by atoms with E-state index in [1.54, 1.807) is 19.2 Å². The molecule has 0 radical (unpaired) electrons. The second-order valence-electron chi connectivity index (χ2n) is 1.70. The molecule has 0 fully saturated rings. The highest BCUT2D eigenvalue weighted by Gasteiger charge is 1.85. The molecular weight excluding hydrogens is 114 g/mol. The van der Waals surface area contributed by atoms with Crippen LogP contribution in [0.3, 0.4) is 0 Å². The van der Waals surface area contributed by atoms with Crippen molar-refractivity contribution in [3.8, 4) is 5.75 Å². The lowest BCUT2D eigenvalue weighted by atomic mass is 10.3. The maximum absolute atomic E-state index is 7.25. The quantitative estimate of drug-likeness (QED) is 0.562. The Morgan fingerprint density at radius 2 is 2.00 bits per heavy atom. The first-order valence-corrected chi connectivity index (χ1v) is 2.69. The predicted octanol–water partition coefficient (Wildman–Crippen LogP) is 2.38. The van der Waals surface area contributed by atoms with E-state index in [-0.39, 0.29) is 0 Å². The number of ether oxygens (including phenoxy) is 1. The van der Waals surface area contributed by atoms with Crippen LogP contribution in [0.2, 0.25) is 0 Å². The van der Waals surface area contributed by atoms with Crippen molar-refractivity contribution in [3.05, 3.63) is 30.0 Å². The minimum atomic E-state index is 0.431. The Kier molecular flexibility index (Phi) is 1.58. The van der Waals surface area contributed by atoms with Crippen molar-refractivity contribution in [2.24, 2.45) is 0 Å². The fourth-order valence-corrected chi connectivity index (χ4v) is 0.645. The molecule has 1 rings (SSSR count). The van der Waals surface area contributed by atoms with E-state index in [2.05, 4.69) is 0 Å². The molecule has 1 aromatic rings. The van der Waals surface area contributed by atoms with Crippen molar-refractivity contribution < 1.29 is 4.74 Å². The van der Waals surface area contributed by atoms with Crippen LogP contribution in [-0.2, 0) is 0 Å². The second-order valence-corrected chi connectivity index (χ2v) is 1.70. The molecule has 0 spiro atoms. The van der Waals surface area contributed by atoms with Crippen LogP contribution < -0.4 is 4.74 Å². The van der Waals surface area contributed by atoms with Gasteiger partial charge in [0.1, 0.15) is 5.75 Å². The zero-order valence-corrected chi connectivity index (χ0v) is 5.22. The summed E-state index contributed by atoms with van der Waals surface area (Å²) in [5, 5.41) is 0. The maximum atomic E-state index is 7.25. The Morgan fingerprint density at radius 3 is 2.44 bits per heavy atom.